The van der Waals surface area contributed by atoms with E-state index in [0.29, 0.717) is 25.2 Å². The summed E-state index contributed by atoms with van der Waals surface area (Å²) in [5.74, 6) is -0.638. The Morgan fingerprint density at radius 1 is 1.30 bits per heavy atom. The van der Waals surface area contributed by atoms with Crippen molar-refractivity contribution in [3.8, 4) is 0 Å². The third-order valence-electron chi connectivity index (χ3n) is 4.55. The number of benzene rings is 1. The number of aromatic nitrogens is 2. The fourth-order valence-electron chi connectivity index (χ4n) is 3.14. The molecule has 0 bridgehead atoms. The van der Waals surface area contributed by atoms with Gasteiger partial charge in [0.1, 0.15) is 0 Å². The number of carbonyl (C=O) groups is 2. The van der Waals surface area contributed by atoms with Crippen LogP contribution >= 0.6 is 0 Å². The van der Waals surface area contributed by atoms with Crippen LogP contribution in [0.5, 0.6) is 0 Å². The van der Waals surface area contributed by atoms with Gasteiger partial charge in [-0.2, -0.15) is 18.3 Å². The number of piperidine rings is 1. The maximum absolute atomic E-state index is 12.8. The van der Waals surface area contributed by atoms with Crippen LogP contribution in [-0.2, 0) is 6.18 Å². The molecule has 1 aliphatic rings. The van der Waals surface area contributed by atoms with E-state index in [1.165, 1.54) is 24.5 Å². The topological polar surface area (TPSA) is 78.1 Å². The van der Waals surface area contributed by atoms with Gasteiger partial charge in [0.25, 0.3) is 11.8 Å². The zero-order valence-electron chi connectivity index (χ0n) is 14.4. The van der Waals surface area contributed by atoms with Gasteiger partial charge in [-0.1, -0.05) is 6.07 Å². The van der Waals surface area contributed by atoms with Crippen molar-refractivity contribution in [2.24, 2.45) is 5.92 Å². The van der Waals surface area contributed by atoms with Crippen molar-refractivity contribution in [3.63, 3.8) is 0 Å². The second-order valence-corrected chi connectivity index (χ2v) is 6.53. The number of carbonyl (C=O) groups excluding carboxylic acids is 2. The van der Waals surface area contributed by atoms with Gasteiger partial charge >= 0.3 is 6.18 Å². The number of hydrogen-bond donors (Lipinski definition) is 2. The Balaban J connectivity index is 1.56. The Labute approximate surface area is 153 Å². The van der Waals surface area contributed by atoms with Gasteiger partial charge < -0.3 is 10.2 Å². The van der Waals surface area contributed by atoms with Gasteiger partial charge in [-0.05, 0) is 37.0 Å². The molecule has 0 saturated carbocycles. The fourth-order valence-corrected chi connectivity index (χ4v) is 3.14. The van der Waals surface area contributed by atoms with Crippen molar-refractivity contribution in [2.75, 3.05) is 19.6 Å². The molecule has 1 atom stereocenters. The van der Waals surface area contributed by atoms with E-state index in [1.54, 1.807) is 4.90 Å². The molecule has 1 aromatic carbocycles. The predicted molar refractivity (Wildman–Crippen MR) is 91.0 cm³/mol. The van der Waals surface area contributed by atoms with Crippen LogP contribution in [0.25, 0.3) is 0 Å². The average Bonchev–Trinajstić information content (AvgIpc) is 3.20. The van der Waals surface area contributed by atoms with Gasteiger partial charge in [0.05, 0.1) is 17.3 Å². The van der Waals surface area contributed by atoms with Crippen LogP contribution in [-0.4, -0.2) is 46.5 Å². The number of nitrogens with one attached hydrogen (secondary N) is 2. The number of nitrogens with zero attached hydrogens (tertiary/aromatic N) is 2. The highest BCUT2D eigenvalue weighted by molar-refractivity contribution is 5.94. The monoisotopic (exact) mass is 380 g/mol. The van der Waals surface area contributed by atoms with Gasteiger partial charge in [0, 0.05) is 31.4 Å². The molecule has 1 aliphatic heterocycles. The molecular formula is C18H19F3N4O2. The summed E-state index contributed by atoms with van der Waals surface area (Å²) >= 11 is 0. The molecule has 2 heterocycles. The smallest absolute Gasteiger partial charge is 0.352 e. The van der Waals surface area contributed by atoms with Gasteiger partial charge in [0.15, 0.2) is 0 Å². The summed E-state index contributed by atoms with van der Waals surface area (Å²) in [5.41, 5.74) is -0.416. The molecule has 27 heavy (non-hydrogen) atoms. The zero-order valence-corrected chi connectivity index (χ0v) is 14.4. The van der Waals surface area contributed by atoms with Crippen molar-refractivity contribution in [1.82, 2.24) is 20.4 Å². The highest BCUT2D eigenvalue weighted by Crippen LogP contribution is 2.29. The Morgan fingerprint density at radius 2 is 2.11 bits per heavy atom. The Bertz CT molecular complexity index is 805. The molecule has 2 aromatic rings. The molecule has 3 rings (SSSR count). The molecule has 0 spiro atoms. The van der Waals surface area contributed by atoms with Crippen LogP contribution in [0.15, 0.2) is 36.7 Å². The Hall–Kier alpha value is -2.84. The van der Waals surface area contributed by atoms with Crippen molar-refractivity contribution >= 4 is 11.8 Å². The second-order valence-electron chi connectivity index (χ2n) is 6.53. The lowest BCUT2D eigenvalue weighted by Gasteiger charge is -2.32. The summed E-state index contributed by atoms with van der Waals surface area (Å²) < 4.78 is 38.3. The SMILES string of the molecule is O=C(NC[C@@H]1CCCN(C(=O)c2cn[nH]c2)C1)c1cccc(C(F)(F)F)c1. The van der Waals surface area contributed by atoms with E-state index in [1.807, 2.05) is 0 Å². The predicted octanol–water partition coefficient (Wildman–Crippen LogP) is 2.71. The first-order valence-corrected chi connectivity index (χ1v) is 8.58. The van der Waals surface area contributed by atoms with Gasteiger partial charge in [0.2, 0.25) is 0 Å². The standard InChI is InChI=1S/C18H19F3N4O2/c19-18(20,21)15-5-1-4-13(7-15)16(26)22-8-12-3-2-6-25(11-12)17(27)14-9-23-24-10-14/h1,4-5,7,9-10,12H,2-3,6,8,11H2,(H,22,26)(H,23,24)/t12-/m0/s1. The van der Waals surface area contributed by atoms with E-state index in [4.69, 9.17) is 0 Å². The molecule has 1 fully saturated rings. The normalized spacial score (nSPS) is 17.6. The summed E-state index contributed by atoms with van der Waals surface area (Å²) in [4.78, 5) is 26.3. The quantitative estimate of drug-likeness (QED) is 0.856. The lowest BCUT2D eigenvalue weighted by molar-refractivity contribution is -0.137. The molecule has 0 aliphatic carbocycles. The third-order valence-corrected chi connectivity index (χ3v) is 4.55. The lowest BCUT2D eigenvalue weighted by Crippen LogP contribution is -2.43. The van der Waals surface area contributed by atoms with E-state index in [2.05, 4.69) is 15.5 Å². The number of amides is 2. The summed E-state index contributed by atoms with van der Waals surface area (Å²) in [6.07, 6.45) is 0.127. The molecule has 144 valence electrons. The zero-order chi connectivity index (χ0) is 19.4. The van der Waals surface area contributed by atoms with Crippen molar-refractivity contribution in [2.45, 2.75) is 19.0 Å². The number of hydrogen-bond acceptors (Lipinski definition) is 3. The molecule has 0 unspecified atom stereocenters. The Morgan fingerprint density at radius 3 is 2.81 bits per heavy atom. The van der Waals surface area contributed by atoms with Crippen LogP contribution in [0.3, 0.4) is 0 Å². The summed E-state index contributed by atoms with van der Waals surface area (Å²) in [7, 11) is 0. The second kappa shape index (κ2) is 7.81. The molecule has 1 saturated heterocycles. The fraction of sp³-hybridized carbons (Fsp3) is 0.389. The molecular weight excluding hydrogens is 361 g/mol. The largest absolute Gasteiger partial charge is 0.416 e. The number of halogens is 3. The minimum absolute atomic E-state index is 0.0352. The van der Waals surface area contributed by atoms with E-state index in [-0.39, 0.29) is 17.4 Å². The summed E-state index contributed by atoms with van der Waals surface area (Å²) in [6, 6.07) is 4.33. The summed E-state index contributed by atoms with van der Waals surface area (Å²) in [6.45, 7) is 1.40. The van der Waals surface area contributed by atoms with E-state index >= 15 is 0 Å². The molecule has 2 amide bonds. The van der Waals surface area contributed by atoms with Gasteiger partial charge in [-0.25, -0.2) is 0 Å². The number of likely N-dealkylation sites (tertiary alicyclic amines) is 1. The van der Waals surface area contributed by atoms with Crippen LogP contribution in [0.4, 0.5) is 13.2 Å². The molecule has 1 aromatic heterocycles. The maximum atomic E-state index is 12.8. The Kier molecular flexibility index (Phi) is 5.48. The first kappa shape index (κ1) is 18.9. The van der Waals surface area contributed by atoms with Gasteiger partial charge in [-0.15, -0.1) is 0 Å². The lowest BCUT2D eigenvalue weighted by atomic mass is 9.97. The van der Waals surface area contributed by atoms with Crippen LogP contribution in [0, 0.1) is 5.92 Å². The third kappa shape index (κ3) is 4.66. The number of rotatable bonds is 4. The maximum Gasteiger partial charge on any atom is 0.416 e. The van der Waals surface area contributed by atoms with Gasteiger partial charge in [-0.3, -0.25) is 14.7 Å². The van der Waals surface area contributed by atoms with E-state index < -0.39 is 17.6 Å². The van der Waals surface area contributed by atoms with E-state index in [9.17, 15) is 22.8 Å². The molecule has 6 nitrogen and oxygen atoms in total. The molecule has 9 heteroatoms. The first-order valence-electron chi connectivity index (χ1n) is 8.58. The van der Waals surface area contributed by atoms with Crippen LogP contribution < -0.4 is 5.32 Å². The number of aromatic amines is 1. The van der Waals surface area contributed by atoms with Crippen molar-refractivity contribution in [3.05, 3.63) is 53.3 Å². The molecule has 2 N–H and O–H groups in total. The number of H-pyrrole nitrogens is 1. The molecule has 0 radical (unpaired) electrons. The van der Waals surface area contributed by atoms with Crippen LogP contribution in [0.1, 0.15) is 39.1 Å². The number of alkyl halides is 3. The average molecular weight is 380 g/mol. The minimum atomic E-state index is -4.49. The first-order chi connectivity index (χ1) is 12.8. The van der Waals surface area contributed by atoms with Crippen molar-refractivity contribution in [1.29, 1.82) is 0 Å². The highest BCUT2D eigenvalue weighted by Gasteiger charge is 2.31. The minimum Gasteiger partial charge on any atom is -0.352 e. The van der Waals surface area contributed by atoms with Crippen LogP contribution in [0.2, 0.25) is 0 Å². The highest BCUT2D eigenvalue weighted by atomic mass is 19.4. The summed E-state index contributed by atoms with van der Waals surface area (Å²) in [5, 5.41) is 9.04. The van der Waals surface area contributed by atoms with E-state index in [0.717, 1.165) is 25.0 Å². The van der Waals surface area contributed by atoms with Crippen molar-refractivity contribution < 1.29 is 22.8 Å².